The first-order valence-electron chi connectivity index (χ1n) is 5.95. The highest BCUT2D eigenvalue weighted by atomic mass is 16.2. The molecule has 0 N–H and O–H groups in total. The Morgan fingerprint density at radius 1 is 1.47 bits per heavy atom. The molecule has 5 heteroatoms. The standard InChI is InChI=1S/C12H16N4O/c1-10(16-8-5-14-11(16)9-13)12(17)15-6-3-2-4-7-15/h5,8,10H,2-4,6-7H2,1H3. The second-order valence-corrected chi connectivity index (χ2v) is 4.33. The number of piperidine rings is 1. The molecule has 1 aliphatic heterocycles. The van der Waals surface area contributed by atoms with Crippen LogP contribution in [-0.4, -0.2) is 33.4 Å². The van der Waals surface area contributed by atoms with Crippen molar-refractivity contribution in [1.29, 1.82) is 5.26 Å². The Bertz CT molecular complexity index is 440. The van der Waals surface area contributed by atoms with Crippen LogP contribution in [0, 0.1) is 11.3 Å². The summed E-state index contributed by atoms with van der Waals surface area (Å²) in [7, 11) is 0. The molecule has 17 heavy (non-hydrogen) atoms. The van der Waals surface area contributed by atoms with Crippen molar-refractivity contribution in [1.82, 2.24) is 14.5 Å². The van der Waals surface area contributed by atoms with E-state index in [1.54, 1.807) is 17.0 Å². The average Bonchev–Trinajstić information content (AvgIpc) is 2.86. The maximum Gasteiger partial charge on any atom is 0.245 e. The van der Waals surface area contributed by atoms with E-state index in [0.717, 1.165) is 25.9 Å². The van der Waals surface area contributed by atoms with Gasteiger partial charge in [-0.15, -0.1) is 0 Å². The van der Waals surface area contributed by atoms with Gasteiger partial charge in [0.05, 0.1) is 0 Å². The molecule has 0 aliphatic carbocycles. The predicted octanol–water partition coefficient (Wildman–Crippen LogP) is 1.33. The summed E-state index contributed by atoms with van der Waals surface area (Å²) < 4.78 is 1.64. The van der Waals surface area contributed by atoms with E-state index >= 15 is 0 Å². The van der Waals surface area contributed by atoms with Crippen molar-refractivity contribution in [3.63, 3.8) is 0 Å². The molecule has 2 heterocycles. The molecular weight excluding hydrogens is 216 g/mol. The third kappa shape index (κ3) is 2.31. The largest absolute Gasteiger partial charge is 0.341 e. The molecule has 1 amide bonds. The summed E-state index contributed by atoms with van der Waals surface area (Å²) >= 11 is 0. The molecule has 1 aromatic heterocycles. The van der Waals surface area contributed by atoms with Crippen molar-refractivity contribution >= 4 is 5.91 Å². The summed E-state index contributed by atoms with van der Waals surface area (Å²) in [6.07, 6.45) is 6.59. The fourth-order valence-electron chi connectivity index (χ4n) is 2.21. The van der Waals surface area contributed by atoms with E-state index in [2.05, 4.69) is 4.98 Å². The summed E-state index contributed by atoms with van der Waals surface area (Å²) in [6, 6.07) is 1.65. The van der Waals surface area contributed by atoms with Gasteiger partial charge in [0.15, 0.2) is 0 Å². The van der Waals surface area contributed by atoms with Crippen LogP contribution in [0.5, 0.6) is 0 Å². The van der Waals surface area contributed by atoms with E-state index in [0.29, 0.717) is 5.82 Å². The molecule has 90 valence electrons. The van der Waals surface area contributed by atoms with Gasteiger partial charge >= 0.3 is 0 Å². The fourth-order valence-corrected chi connectivity index (χ4v) is 2.21. The molecule has 0 bridgehead atoms. The maximum absolute atomic E-state index is 12.2. The Morgan fingerprint density at radius 3 is 2.82 bits per heavy atom. The number of hydrogen-bond acceptors (Lipinski definition) is 3. The van der Waals surface area contributed by atoms with Gasteiger partial charge in [-0.2, -0.15) is 5.26 Å². The van der Waals surface area contributed by atoms with E-state index in [4.69, 9.17) is 5.26 Å². The molecule has 0 aromatic carbocycles. The van der Waals surface area contributed by atoms with Crippen LogP contribution in [0.1, 0.15) is 38.1 Å². The number of imidazole rings is 1. The van der Waals surface area contributed by atoms with E-state index in [9.17, 15) is 4.79 Å². The average molecular weight is 232 g/mol. The van der Waals surface area contributed by atoms with Crippen LogP contribution < -0.4 is 0 Å². The summed E-state index contributed by atoms with van der Waals surface area (Å²) in [6.45, 7) is 3.49. The lowest BCUT2D eigenvalue weighted by Gasteiger charge is -2.29. The minimum atomic E-state index is -0.342. The van der Waals surface area contributed by atoms with Gasteiger partial charge in [-0.25, -0.2) is 4.98 Å². The van der Waals surface area contributed by atoms with Crippen molar-refractivity contribution in [3.8, 4) is 6.07 Å². The molecule has 2 rings (SSSR count). The van der Waals surface area contributed by atoms with Crippen molar-refractivity contribution in [2.45, 2.75) is 32.2 Å². The van der Waals surface area contributed by atoms with E-state index in [1.165, 1.54) is 6.42 Å². The molecule has 0 spiro atoms. The Hall–Kier alpha value is -1.83. The van der Waals surface area contributed by atoms with Crippen LogP contribution in [-0.2, 0) is 4.79 Å². The van der Waals surface area contributed by atoms with Gasteiger partial charge in [-0.3, -0.25) is 4.79 Å². The normalized spacial score (nSPS) is 17.5. The Balaban J connectivity index is 2.11. The summed E-state index contributed by atoms with van der Waals surface area (Å²) in [5.41, 5.74) is 0. The lowest BCUT2D eigenvalue weighted by molar-refractivity contribution is -0.135. The summed E-state index contributed by atoms with van der Waals surface area (Å²) in [5, 5.41) is 8.89. The van der Waals surface area contributed by atoms with E-state index in [-0.39, 0.29) is 11.9 Å². The van der Waals surface area contributed by atoms with E-state index < -0.39 is 0 Å². The second-order valence-electron chi connectivity index (χ2n) is 4.33. The van der Waals surface area contributed by atoms with Crippen LogP contribution in [0.4, 0.5) is 0 Å². The van der Waals surface area contributed by atoms with Crippen molar-refractivity contribution in [3.05, 3.63) is 18.2 Å². The number of aromatic nitrogens is 2. The van der Waals surface area contributed by atoms with E-state index in [1.807, 2.05) is 17.9 Å². The minimum absolute atomic E-state index is 0.0826. The zero-order chi connectivity index (χ0) is 12.3. The quantitative estimate of drug-likeness (QED) is 0.772. The van der Waals surface area contributed by atoms with Crippen molar-refractivity contribution in [2.24, 2.45) is 0 Å². The van der Waals surface area contributed by atoms with Crippen LogP contribution >= 0.6 is 0 Å². The highest BCUT2D eigenvalue weighted by Gasteiger charge is 2.24. The lowest BCUT2D eigenvalue weighted by Crippen LogP contribution is -2.39. The topological polar surface area (TPSA) is 61.9 Å². The summed E-state index contributed by atoms with van der Waals surface area (Å²) in [5.74, 6) is 0.377. The zero-order valence-electron chi connectivity index (χ0n) is 9.96. The minimum Gasteiger partial charge on any atom is -0.341 e. The van der Waals surface area contributed by atoms with Gasteiger partial charge in [0.25, 0.3) is 0 Å². The number of rotatable bonds is 2. The maximum atomic E-state index is 12.2. The lowest BCUT2D eigenvalue weighted by atomic mass is 10.1. The third-order valence-electron chi connectivity index (χ3n) is 3.21. The molecule has 1 fully saturated rings. The van der Waals surface area contributed by atoms with Crippen LogP contribution in [0.3, 0.4) is 0 Å². The number of likely N-dealkylation sites (tertiary alicyclic amines) is 1. The predicted molar refractivity (Wildman–Crippen MR) is 62.1 cm³/mol. The Labute approximate surface area is 101 Å². The van der Waals surface area contributed by atoms with Crippen molar-refractivity contribution in [2.75, 3.05) is 13.1 Å². The molecular formula is C12H16N4O. The number of hydrogen-bond donors (Lipinski definition) is 0. The van der Waals surface area contributed by atoms with Gasteiger partial charge in [-0.1, -0.05) is 0 Å². The molecule has 1 unspecified atom stereocenters. The molecule has 5 nitrogen and oxygen atoms in total. The molecule has 1 aromatic rings. The smallest absolute Gasteiger partial charge is 0.245 e. The molecule has 1 atom stereocenters. The molecule has 1 saturated heterocycles. The molecule has 0 saturated carbocycles. The second kappa shape index (κ2) is 5.00. The van der Waals surface area contributed by atoms with Gasteiger partial charge in [-0.05, 0) is 26.2 Å². The number of nitrogens with zero attached hydrogens (tertiary/aromatic N) is 4. The summed E-state index contributed by atoms with van der Waals surface area (Å²) in [4.78, 5) is 18.0. The number of amides is 1. The molecule has 0 radical (unpaired) electrons. The number of carbonyl (C=O) groups is 1. The number of carbonyl (C=O) groups excluding carboxylic acids is 1. The van der Waals surface area contributed by atoms with Crippen LogP contribution in [0.25, 0.3) is 0 Å². The first-order chi connectivity index (χ1) is 8.24. The van der Waals surface area contributed by atoms with Crippen LogP contribution in [0.15, 0.2) is 12.4 Å². The van der Waals surface area contributed by atoms with Crippen molar-refractivity contribution < 1.29 is 4.79 Å². The van der Waals surface area contributed by atoms with Gasteiger partial charge < -0.3 is 9.47 Å². The monoisotopic (exact) mass is 232 g/mol. The highest BCUT2D eigenvalue weighted by molar-refractivity contribution is 5.80. The van der Waals surface area contributed by atoms with Gasteiger partial charge in [0.2, 0.25) is 11.7 Å². The van der Waals surface area contributed by atoms with Crippen LogP contribution in [0.2, 0.25) is 0 Å². The first kappa shape index (κ1) is 11.6. The first-order valence-corrected chi connectivity index (χ1v) is 5.95. The highest BCUT2D eigenvalue weighted by Crippen LogP contribution is 2.16. The molecule has 1 aliphatic rings. The zero-order valence-corrected chi connectivity index (χ0v) is 9.96. The van der Waals surface area contributed by atoms with Gasteiger partial charge in [0.1, 0.15) is 12.1 Å². The Kier molecular flexibility index (Phi) is 3.43. The SMILES string of the molecule is CC(C(=O)N1CCCCC1)n1ccnc1C#N. The number of nitriles is 1. The third-order valence-corrected chi connectivity index (χ3v) is 3.21. The Morgan fingerprint density at radius 2 is 2.18 bits per heavy atom. The fraction of sp³-hybridized carbons (Fsp3) is 0.583. The van der Waals surface area contributed by atoms with Gasteiger partial charge in [0, 0.05) is 25.5 Å².